The number of likely N-dealkylation sites (tertiary alicyclic amines) is 1. The first-order chi connectivity index (χ1) is 11.2. The average Bonchev–Trinajstić information content (AvgIpc) is 2.59. The fourth-order valence-electron chi connectivity index (χ4n) is 3.31. The molecule has 3 rings (SSSR count). The Morgan fingerprint density at radius 3 is 2.17 bits per heavy atom. The van der Waals surface area contributed by atoms with Crippen LogP contribution in [0.25, 0.3) is 11.1 Å². The second kappa shape index (κ2) is 6.98. The largest absolute Gasteiger partial charge is 0.299 e. The number of rotatable bonds is 4. The Labute approximate surface area is 139 Å². The molecule has 0 bridgehead atoms. The molecule has 2 heteroatoms. The first-order valence-electron chi connectivity index (χ1n) is 8.42. The SMILES string of the molecule is CC1(CC#N)CCN(Cc2ccc(-c3ccccc3)cc2)CC1. The zero-order valence-electron chi connectivity index (χ0n) is 13.8. The van der Waals surface area contributed by atoms with Crippen molar-refractivity contribution >= 4 is 0 Å². The molecule has 0 atom stereocenters. The van der Waals surface area contributed by atoms with Gasteiger partial charge in [0.25, 0.3) is 0 Å². The molecule has 1 aliphatic rings. The van der Waals surface area contributed by atoms with Crippen molar-refractivity contribution in [1.82, 2.24) is 4.90 Å². The Morgan fingerprint density at radius 1 is 0.957 bits per heavy atom. The molecule has 0 aromatic heterocycles. The second-order valence-corrected chi connectivity index (χ2v) is 6.98. The Kier molecular flexibility index (Phi) is 4.79. The summed E-state index contributed by atoms with van der Waals surface area (Å²) < 4.78 is 0. The molecule has 1 fully saturated rings. The Bertz CT molecular complexity index is 659. The van der Waals surface area contributed by atoms with E-state index >= 15 is 0 Å². The van der Waals surface area contributed by atoms with Crippen LogP contribution in [0.2, 0.25) is 0 Å². The van der Waals surface area contributed by atoms with E-state index in [1.54, 1.807) is 0 Å². The van der Waals surface area contributed by atoms with Gasteiger partial charge in [0, 0.05) is 13.0 Å². The summed E-state index contributed by atoms with van der Waals surface area (Å²) in [6, 6.07) is 21.8. The molecule has 1 heterocycles. The van der Waals surface area contributed by atoms with Crippen molar-refractivity contribution in [1.29, 1.82) is 5.26 Å². The molecule has 2 aromatic carbocycles. The van der Waals surface area contributed by atoms with Crippen LogP contribution in [0.4, 0.5) is 0 Å². The highest BCUT2D eigenvalue weighted by atomic mass is 15.1. The fraction of sp³-hybridized carbons (Fsp3) is 0.381. The van der Waals surface area contributed by atoms with E-state index in [-0.39, 0.29) is 5.41 Å². The van der Waals surface area contributed by atoms with Gasteiger partial charge in [-0.25, -0.2) is 0 Å². The lowest BCUT2D eigenvalue weighted by Crippen LogP contribution is -2.38. The summed E-state index contributed by atoms with van der Waals surface area (Å²) >= 11 is 0. The molecule has 0 spiro atoms. The summed E-state index contributed by atoms with van der Waals surface area (Å²) in [5.41, 5.74) is 4.13. The van der Waals surface area contributed by atoms with Crippen LogP contribution < -0.4 is 0 Å². The van der Waals surface area contributed by atoms with E-state index in [1.807, 2.05) is 6.07 Å². The zero-order chi connectivity index (χ0) is 16.1. The minimum atomic E-state index is 0.225. The maximum atomic E-state index is 8.94. The lowest BCUT2D eigenvalue weighted by Gasteiger charge is -2.38. The molecule has 0 N–H and O–H groups in total. The highest BCUT2D eigenvalue weighted by Crippen LogP contribution is 2.34. The van der Waals surface area contributed by atoms with Crippen molar-refractivity contribution in [2.75, 3.05) is 13.1 Å². The summed E-state index contributed by atoms with van der Waals surface area (Å²) in [5, 5.41) is 8.94. The second-order valence-electron chi connectivity index (χ2n) is 6.98. The van der Waals surface area contributed by atoms with E-state index in [2.05, 4.69) is 66.4 Å². The third kappa shape index (κ3) is 4.00. The van der Waals surface area contributed by atoms with E-state index in [0.29, 0.717) is 6.42 Å². The van der Waals surface area contributed by atoms with Gasteiger partial charge in [-0.2, -0.15) is 5.26 Å². The number of hydrogen-bond acceptors (Lipinski definition) is 2. The minimum Gasteiger partial charge on any atom is -0.299 e. The molecule has 1 saturated heterocycles. The molecule has 0 saturated carbocycles. The summed E-state index contributed by atoms with van der Waals surface area (Å²) in [6.45, 7) is 5.46. The number of nitrogens with zero attached hydrogens (tertiary/aromatic N) is 2. The van der Waals surface area contributed by atoms with Crippen LogP contribution in [-0.4, -0.2) is 18.0 Å². The lowest BCUT2D eigenvalue weighted by atomic mass is 9.78. The molecular formula is C21H24N2. The molecule has 23 heavy (non-hydrogen) atoms. The standard InChI is InChI=1S/C21H24N2/c1-21(11-14-22)12-15-23(16-13-21)17-18-7-9-20(10-8-18)19-5-3-2-4-6-19/h2-10H,11-13,15-17H2,1H3. The molecule has 0 amide bonds. The number of nitriles is 1. The van der Waals surface area contributed by atoms with Crippen molar-refractivity contribution in [3.63, 3.8) is 0 Å². The van der Waals surface area contributed by atoms with Gasteiger partial charge >= 0.3 is 0 Å². The van der Waals surface area contributed by atoms with Gasteiger partial charge in [0.05, 0.1) is 6.07 Å². The molecule has 2 aromatic rings. The van der Waals surface area contributed by atoms with Crippen molar-refractivity contribution < 1.29 is 0 Å². The first kappa shape index (κ1) is 15.8. The molecule has 2 nitrogen and oxygen atoms in total. The molecule has 0 unspecified atom stereocenters. The Hall–Kier alpha value is -2.11. The lowest BCUT2D eigenvalue weighted by molar-refractivity contribution is 0.116. The molecule has 1 aliphatic heterocycles. The molecule has 118 valence electrons. The summed E-state index contributed by atoms with van der Waals surface area (Å²) in [6.07, 6.45) is 2.94. The predicted molar refractivity (Wildman–Crippen MR) is 94.7 cm³/mol. The Balaban J connectivity index is 1.59. The maximum Gasteiger partial charge on any atom is 0.0627 e. The molecule has 0 radical (unpaired) electrons. The van der Waals surface area contributed by atoms with Crippen LogP contribution in [0, 0.1) is 16.7 Å². The monoisotopic (exact) mass is 304 g/mol. The van der Waals surface area contributed by atoms with Crippen LogP contribution in [-0.2, 0) is 6.54 Å². The van der Waals surface area contributed by atoms with Crippen molar-refractivity contribution in [2.24, 2.45) is 5.41 Å². The Morgan fingerprint density at radius 2 is 1.57 bits per heavy atom. The van der Waals surface area contributed by atoms with Gasteiger partial charge < -0.3 is 0 Å². The van der Waals surface area contributed by atoms with Gasteiger partial charge in [-0.05, 0) is 48.0 Å². The fourth-order valence-corrected chi connectivity index (χ4v) is 3.31. The smallest absolute Gasteiger partial charge is 0.0627 e. The normalized spacial score (nSPS) is 17.6. The van der Waals surface area contributed by atoms with Crippen LogP contribution in [0.15, 0.2) is 54.6 Å². The summed E-state index contributed by atoms with van der Waals surface area (Å²) in [7, 11) is 0. The van der Waals surface area contributed by atoms with Gasteiger partial charge in [0.1, 0.15) is 0 Å². The van der Waals surface area contributed by atoms with Gasteiger partial charge in [-0.3, -0.25) is 4.90 Å². The molecule has 0 aliphatic carbocycles. The average molecular weight is 304 g/mol. The number of piperidine rings is 1. The third-order valence-corrected chi connectivity index (χ3v) is 5.04. The predicted octanol–water partition coefficient (Wildman–Crippen LogP) is 4.87. The van der Waals surface area contributed by atoms with Gasteiger partial charge in [0.15, 0.2) is 0 Å². The van der Waals surface area contributed by atoms with Crippen LogP contribution >= 0.6 is 0 Å². The summed E-state index contributed by atoms with van der Waals surface area (Å²) in [5.74, 6) is 0. The maximum absolute atomic E-state index is 8.94. The van der Waals surface area contributed by atoms with E-state index in [0.717, 1.165) is 32.5 Å². The van der Waals surface area contributed by atoms with Crippen molar-refractivity contribution in [3.05, 3.63) is 60.2 Å². The third-order valence-electron chi connectivity index (χ3n) is 5.04. The van der Waals surface area contributed by atoms with E-state index in [9.17, 15) is 0 Å². The van der Waals surface area contributed by atoms with Crippen molar-refractivity contribution in [2.45, 2.75) is 32.7 Å². The van der Waals surface area contributed by atoms with E-state index in [4.69, 9.17) is 5.26 Å². The minimum absolute atomic E-state index is 0.225. The van der Waals surface area contributed by atoms with Crippen LogP contribution in [0.5, 0.6) is 0 Å². The van der Waals surface area contributed by atoms with E-state index in [1.165, 1.54) is 16.7 Å². The quantitative estimate of drug-likeness (QED) is 0.805. The number of hydrogen-bond donors (Lipinski definition) is 0. The zero-order valence-corrected chi connectivity index (χ0v) is 13.8. The van der Waals surface area contributed by atoms with Gasteiger partial charge in [-0.15, -0.1) is 0 Å². The first-order valence-corrected chi connectivity index (χ1v) is 8.42. The van der Waals surface area contributed by atoms with Crippen LogP contribution in [0.3, 0.4) is 0 Å². The van der Waals surface area contributed by atoms with Crippen LogP contribution in [0.1, 0.15) is 31.7 Å². The van der Waals surface area contributed by atoms with E-state index < -0.39 is 0 Å². The highest BCUT2D eigenvalue weighted by molar-refractivity contribution is 5.63. The summed E-state index contributed by atoms with van der Waals surface area (Å²) in [4.78, 5) is 2.51. The highest BCUT2D eigenvalue weighted by Gasteiger charge is 2.29. The van der Waals surface area contributed by atoms with Crippen molar-refractivity contribution in [3.8, 4) is 17.2 Å². The topological polar surface area (TPSA) is 27.0 Å². The van der Waals surface area contributed by atoms with Gasteiger partial charge in [0.2, 0.25) is 0 Å². The number of benzene rings is 2. The van der Waals surface area contributed by atoms with Gasteiger partial charge in [-0.1, -0.05) is 61.5 Å². The molecular weight excluding hydrogens is 280 g/mol.